The first kappa shape index (κ1) is 13.6. The summed E-state index contributed by atoms with van der Waals surface area (Å²) in [7, 11) is 0. The Morgan fingerprint density at radius 1 is 1.22 bits per heavy atom. The van der Waals surface area contributed by atoms with Gasteiger partial charge in [-0.25, -0.2) is 4.98 Å². The molecular formula is C17H15N3O3. The lowest BCUT2D eigenvalue weighted by molar-refractivity contribution is 0.0953. The van der Waals surface area contributed by atoms with Crippen LogP contribution in [0.25, 0.3) is 5.65 Å². The van der Waals surface area contributed by atoms with Crippen molar-refractivity contribution in [3.8, 4) is 11.5 Å². The van der Waals surface area contributed by atoms with Gasteiger partial charge >= 0.3 is 0 Å². The zero-order valence-corrected chi connectivity index (χ0v) is 12.4. The van der Waals surface area contributed by atoms with Gasteiger partial charge in [0.2, 0.25) is 6.79 Å². The number of hydrogen-bond acceptors (Lipinski definition) is 4. The van der Waals surface area contributed by atoms with E-state index in [0.717, 1.165) is 11.3 Å². The summed E-state index contributed by atoms with van der Waals surface area (Å²) in [5.74, 6) is 1.15. The number of fused-ring (bicyclic) bond motifs is 2. The van der Waals surface area contributed by atoms with Gasteiger partial charge in [-0.15, -0.1) is 0 Å². The first-order chi connectivity index (χ1) is 11.3. The molecule has 0 bridgehead atoms. The van der Waals surface area contributed by atoms with Gasteiger partial charge in [-0.1, -0.05) is 6.07 Å². The van der Waals surface area contributed by atoms with Gasteiger partial charge < -0.3 is 19.2 Å². The fourth-order valence-corrected chi connectivity index (χ4v) is 2.55. The minimum atomic E-state index is -0.132. The van der Waals surface area contributed by atoms with Crippen LogP contribution in [0.4, 0.5) is 0 Å². The van der Waals surface area contributed by atoms with Crippen LogP contribution in [0.5, 0.6) is 11.5 Å². The summed E-state index contributed by atoms with van der Waals surface area (Å²) >= 11 is 0. The van der Waals surface area contributed by atoms with Gasteiger partial charge in [-0.2, -0.15) is 0 Å². The Labute approximate surface area is 132 Å². The van der Waals surface area contributed by atoms with Crippen LogP contribution in [0.1, 0.15) is 16.1 Å². The molecule has 0 saturated heterocycles. The monoisotopic (exact) mass is 309 g/mol. The number of nitrogens with one attached hydrogen (secondary N) is 1. The van der Waals surface area contributed by atoms with Crippen molar-refractivity contribution in [3.63, 3.8) is 0 Å². The maximum Gasteiger partial charge on any atom is 0.251 e. The molecule has 1 amide bonds. The molecule has 6 nitrogen and oxygen atoms in total. The van der Waals surface area contributed by atoms with E-state index in [1.807, 2.05) is 35.0 Å². The number of hydrogen-bond donors (Lipinski definition) is 1. The molecule has 0 aliphatic carbocycles. The fourth-order valence-electron chi connectivity index (χ4n) is 2.55. The molecule has 0 saturated carbocycles. The molecular weight excluding hydrogens is 294 g/mol. The predicted octanol–water partition coefficient (Wildman–Crippen LogP) is 2.04. The third-order valence-electron chi connectivity index (χ3n) is 3.72. The first-order valence-electron chi connectivity index (χ1n) is 7.40. The maximum atomic E-state index is 12.2. The van der Waals surface area contributed by atoms with Crippen molar-refractivity contribution in [3.05, 3.63) is 60.0 Å². The summed E-state index contributed by atoms with van der Waals surface area (Å²) in [6.45, 7) is 0.728. The number of carbonyl (C=O) groups is 1. The van der Waals surface area contributed by atoms with Crippen molar-refractivity contribution in [2.75, 3.05) is 13.3 Å². The highest BCUT2D eigenvalue weighted by Crippen LogP contribution is 2.32. The number of ether oxygens (including phenoxy) is 2. The molecule has 1 aromatic carbocycles. The van der Waals surface area contributed by atoms with E-state index >= 15 is 0 Å². The Kier molecular flexibility index (Phi) is 3.34. The summed E-state index contributed by atoms with van der Waals surface area (Å²) in [6, 6.07) is 11.0. The van der Waals surface area contributed by atoms with Crippen LogP contribution in [-0.2, 0) is 6.42 Å². The Morgan fingerprint density at radius 3 is 3.04 bits per heavy atom. The summed E-state index contributed by atoms with van der Waals surface area (Å²) in [4.78, 5) is 16.7. The third kappa shape index (κ3) is 2.70. The summed E-state index contributed by atoms with van der Waals surface area (Å²) in [5, 5.41) is 2.90. The number of amides is 1. The van der Waals surface area contributed by atoms with E-state index in [1.54, 1.807) is 18.2 Å². The highest BCUT2D eigenvalue weighted by molar-refractivity contribution is 5.94. The lowest BCUT2D eigenvalue weighted by Crippen LogP contribution is -2.25. The Bertz CT molecular complexity index is 839. The Hall–Kier alpha value is -3.02. The van der Waals surface area contributed by atoms with Crippen molar-refractivity contribution in [2.24, 2.45) is 0 Å². The largest absolute Gasteiger partial charge is 0.454 e. The molecule has 4 rings (SSSR count). The SMILES string of the molecule is O=C(NCCc1cn2ccccc2n1)c1ccc2c(c1)OCO2. The predicted molar refractivity (Wildman–Crippen MR) is 83.8 cm³/mol. The van der Waals surface area contributed by atoms with Crippen molar-refractivity contribution in [2.45, 2.75) is 6.42 Å². The number of aromatic nitrogens is 2. The highest BCUT2D eigenvalue weighted by Gasteiger charge is 2.16. The quantitative estimate of drug-likeness (QED) is 0.801. The van der Waals surface area contributed by atoms with Crippen LogP contribution in [0.3, 0.4) is 0 Å². The third-order valence-corrected chi connectivity index (χ3v) is 3.72. The van der Waals surface area contributed by atoms with E-state index in [2.05, 4.69) is 10.3 Å². The van der Waals surface area contributed by atoms with Gasteiger partial charge in [-0.05, 0) is 30.3 Å². The number of pyridine rings is 1. The molecule has 0 fully saturated rings. The average molecular weight is 309 g/mol. The molecule has 6 heteroatoms. The van der Waals surface area contributed by atoms with Crippen LogP contribution in [0.15, 0.2) is 48.8 Å². The molecule has 3 aromatic rings. The van der Waals surface area contributed by atoms with E-state index in [-0.39, 0.29) is 12.7 Å². The van der Waals surface area contributed by atoms with Crippen LogP contribution in [-0.4, -0.2) is 28.6 Å². The number of rotatable bonds is 4. The normalized spacial score (nSPS) is 12.5. The molecule has 1 N–H and O–H groups in total. The van der Waals surface area contributed by atoms with Gasteiger partial charge in [0.15, 0.2) is 11.5 Å². The molecule has 0 atom stereocenters. The number of imidazole rings is 1. The van der Waals surface area contributed by atoms with E-state index in [0.29, 0.717) is 30.0 Å². The standard InChI is InChI=1S/C17H15N3O3/c21-17(12-4-5-14-15(9-12)23-11-22-14)18-7-6-13-10-20-8-2-1-3-16(20)19-13/h1-5,8-10H,6-7,11H2,(H,18,21). The van der Waals surface area contributed by atoms with E-state index in [1.165, 1.54) is 0 Å². The number of benzene rings is 1. The van der Waals surface area contributed by atoms with Gasteiger partial charge in [0.1, 0.15) is 5.65 Å². The number of carbonyl (C=O) groups excluding carboxylic acids is 1. The molecule has 116 valence electrons. The Morgan fingerprint density at radius 2 is 2.13 bits per heavy atom. The lowest BCUT2D eigenvalue weighted by Gasteiger charge is -2.05. The van der Waals surface area contributed by atoms with Gasteiger partial charge in [0.25, 0.3) is 5.91 Å². The summed E-state index contributed by atoms with van der Waals surface area (Å²) in [5.41, 5.74) is 2.41. The van der Waals surface area contributed by atoms with E-state index in [9.17, 15) is 4.79 Å². The van der Waals surface area contributed by atoms with Crippen molar-refractivity contribution < 1.29 is 14.3 Å². The van der Waals surface area contributed by atoms with Crippen molar-refractivity contribution in [1.82, 2.24) is 14.7 Å². The van der Waals surface area contributed by atoms with Crippen LogP contribution in [0.2, 0.25) is 0 Å². The fraction of sp³-hybridized carbons (Fsp3) is 0.176. The lowest BCUT2D eigenvalue weighted by atomic mass is 10.2. The van der Waals surface area contributed by atoms with Crippen LogP contribution in [0, 0.1) is 0 Å². The van der Waals surface area contributed by atoms with Crippen molar-refractivity contribution in [1.29, 1.82) is 0 Å². The first-order valence-corrected chi connectivity index (χ1v) is 7.40. The van der Waals surface area contributed by atoms with Gasteiger partial charge in [0, 0.05) is 30.9 Å². The van der Waals surface area contributed by atoms with Crippen molar-refractivity contribution >= 4 is 11.6 Å². The smallest absolute Gasteiger partial charge is 0.251 e. The maximum absolute atomic E-state index is 12.2. The second-order valence-corrected chi connectivity index (χ2v) is 5.27. The Balaban J connectivity index is 1.38. The zero-order valence-electron chi connectivity index (χ0n) is 12.4. The molecule has 1 aliphatic rings. The minimum Gasteiger partial charge on any atom is -0.454 e. The number of nitrogens with zero attached hydrogens (tertiary/aromatic N) is 2. The average Bonchev–Trinajstić information content (AvgIpc) is 3.19. The van der Waals surface area contributed by atoms with Crippen LogP contribution >= 0.6 is 0 Å². The molecule has 2 aromatic heterocycles. The molecule has 0 spiro atoms. The van der Waals surface area contributed by atoms with E-state index < -0.39 is 0 Å². The van der Waals surface area contributed by atoms with Gasteiger partial charge in [0.05, 0.1) is 5.69 Å². The topological polar surface area (TPSA) is 64.9 Å². The molecule has 0 radical (unpaired) electrons. The van der Waals surface area contributed by atoms with Gasteiger partial charge in [-0.3, -0.25) is 4.79 Å². The molecule has 1 aliphatic heterocycles. The molecule has 0 unspecified atom stereocenters. The zero-order chi connectivity index (χ0) is 15.6. The summed E-state index contributed by atoms with van der Waals surface area (Å²) < 4.78 is 12.5. The van der Waals surface area contributed by atoms with Crippen LogP contribution < -0.4 is 14.8 Å². The molecule has 23 heavy (non-hydrogen) atoms. The molecule has 3 heterocycles. The summed E-state index contributed by atoms with van der Waals surface area (Å²) in [6.07, 6.45) is 4.61. The second kappa shape index (κ2) is 5.64. The minimum absolute atomic E-state index is 0.132. The highest BCUT2D eigenvalue weighted by atomic mass is 16.7. The van der Waals surface area contributed by atoms with E-state index in [4.69, 9.17) is 9.47 Å². The second-order valence-electron chi connectivity index (χ2n) is 5.27.